The molecule has 156 valence electrons. The third-order valence-electron chi connectivity index (χ3n) is 5.44. The van der Waals surface area contributed by atoms with Crippen molar-refractivity contribution in [1.29, 1.82) is 0 Å². The fraction of sp³-hybridized carbons (Fsp3) is 0.727. The van der Waals surface area contributed by atoms with Gasteiger partial charge in [-0.1, -0.05) is 32.9 Å². The molecule has 0 saturated heterocycles. The first-order valence-corrected chi connectivity index (χ1v) is 13.1. The highest BCUT2D eigenvalue weighted by Crippen LogP contribution is 2.38. The highest BCUT2D eigenvalue weighted by molar-refractivity contribution is 6.74. The van der Waals surface area contributed by atoms with Crippen LogP contribution < -0.4 is 4.74 Å². The van der Waals surface area contributed by atoms with E-state index in [4.69, 9.17) is 13.9 Å². The normalized spacial score (nSPS) is 13.6. The van der Waals surface area contributed by atoms with Crippen LogP contribution in [0.1, 0.15) is 58.4 Å². The van der Waals surface area contributed by atoms with Crippen LogP contribution in [0.2, 0.25) is 18.1 Å². The van der Waals surface area contributed by atoms with E-state index in [1.54, 1.807) is 7.11 Å². The number of unbranched alkanes of at least 4 members (excludes halogenated alkanes) is 1. The van der Waals surface area contributed by atoms with Crippen LogP contribution in [0.3, 0.4) is 0 Å². The van der Waals surface area contributed by atoms with Crippen LogP contribution in [0, 0.1) is 0 Å². The lowest BCUT2D eigenvalue weighted by atomic mass is 10.1. The minimum Gasteiger partial charge on any atom is -0.497 e. The molecule has 0 aliphatic carbocycles. The van der Waals surface area contributed by atoms with Crippen molar-refractivity contribution in [3.63, 3.8) is 0 Å². The molecule has 0 radical (unpaired) electrons. The van der Waals surface area contributed by atoms with E-state index in [1.807, 2.05) is 24.3 Å². The summed E-state index contributed by atoms with van der Waals surface area (Å²) in [5.41, 5.74) is 1.16. The standard InChI is InChI=1S/C22H40O4Si/c1-22(2,3)27(5,6)26-21(11-9-16-23)10-7-8-17-25-18-19-12-14-20(24-4)15-13-19/h12-15,21,23H,7-11,16-18H2,1-6H3/t21-/m0/s1. The molecule has 1 aromatic rings. The van der Waals surface area contributed by atoms with E-state index in [0.717, 1.165) is 50.0 Å². The van der Waals surface area contributed by atoms with E-state index in [9.17, 15) is 5.11 Å². The number of hydrogen-bond donors (Lipinski definition) is 1. The molecule has 1 atom stereocenters. The number of aliphatic hydroxyl groups excluding tert-OH is 1. The van der Waals surface area contributed by atoms with E-state index >= 15 is 0 Å². The van der Waals surface area contributed by atoms with E-state index < -0.39 is 8.32 Å². The zero-order valence-corrected chi connectivity index (χ0v) is 19.2. The molecule has 0 saturated carbocycles. The Balaban J connectivity index is 2.31. The van der Waals surface area contributed by atoms with Gasteiger partial charge in [0.1, 0.15) is 5.75 Å². The van der Waals surface area contributed by atoms with Crippen molar-refractivity contribution in [3.8, 4) is 5.75 Å². The number of benzene rings is 1. The summed E-state index contributed by atoms with van der Waals surface area (Å²) >= 11 is 0. The highest BCUT2D eigenvalue weighted by Gasteiger charge is 2.38. The third-order valence-corrected chi connectivity index (χ3v) is 9.98. The van der Waals surface area contributed by atoms with Crippen molar-refractivity contribution in [3.05, 3.63) is 29.8 Å². The molecule has 1 rings (SSSR count). The van der Waals surface area contributed by atoms with E-state index in [0.29, 0.717) is 6.61 Å². The van der Waals surface area contributed by atoms with Crippen LogP contribution >= 0.6 is 0 Å². The number of rotatable bonds is 13. The predicted octanol–water partition coefficient (Wildman–Crippen LogP) is 5.55. The molecule has 0 unspecified atom stereocenters. The first-order valence-electron chi connectivity index (χ1n) is 10.2. The van der Waals surface area contributed by atoms with Crippen molar-refractivity contribution < 1.29 is 19.0 Å². The molecule has 0 bridgehead atoms. The van der Waals surface area contributed by atoms with E-state index in [-0.39, 0.29) is 17.7 Å². The van der Waals surface area contributed by atoms with Gasteiger partial charge in [-0.05, 0) is 67.9 Å². The van der Waals surface area contributed by atoms with Gasteiger partial charge in [0.05, 0.1) is 13.7 Å². The molecule has 27 heavy (non-hydrogen) atoms. The largest absolute Gasteiger partial charge is 0.497 e. The van der Waals surface area contributed by atoms with Gasteiger partial charge < -0.3 is 19.0 Å². The number of ether oxygens (including phenoxy) is 2. The Morgan fingerprint density at radius 3 is 2.19 bits per heavy atom. The van der Waals surface area contributed by atoms with Crippen LogP contribution in [0.5, 0.6) is 5.75 Å². The second-order valence-corrected chi connectivity index (χ2v) is 13.5. The van der Waals surface area contributed by atoms with Crippen LogP contribution in [0.15, 0.2) is 24.3 Å². The second-order valence-electron chi connectivity index (χ2n) is 8.76. The maximum atomic E-state index is 9.18. The number of hydrogen-bond acceptors (Lipinski definition) is 4. The monoisotopic (exact) mass is 396 g/mol. The topological polar surface area (TPSA) is 47.9 Å². The SMILES string of the molecule is COc1ccc(COCCCC[C@@H](CCCO)O[Si](C)(C)C(C)(C)C)cc1. The molecule has 5 heteroatoms. The lowest BCUT2D eigenvalue weighted by Crippen LogP contribution is -2.44. The molecule has 0 heterocycles. The summed E-state index contributed by atoms with van der Waals surface area (Å²) in [6.07, 6.45) is 5.17. The molecule has 0 aromatic heterocycles. The fourth-order valence-corrected chi connectivity index (χ4v) is 4.09. The molecule has 0 aliphatic heterocycles. The molecule has 0 amide bonds. The van der Waals surface area contributed by atoms with Crippen molar-refractivity contribution in [2.24, 2.45) is 0 Å². The average molecular weight is 397 g/mol. The Hall–Kier alpha value is -0.883. The van der Waals surface area contributed by atoms with E-state index in [1.165, 1.54) is 0 Å². The van der Waals surface area contributed by atoms with Gasteiger partial charge in [-0.3, -0.25) is 0 Å². The van der Waals surface area contributed by atoms with Gasteiger partial charge in [0, 0.05) is 19.3 Å². The summed E-state index contributed by atoms with van der Waals surface area (Å²) < 4.78 is 17.5. The average Bonchev–Trinajstić information content (AvgIpc) is 2.61. The lowest BCUT2D eigenvalue weighted by Gasteiger charge is -2.39. The molecule has 4 nitrogen and oxygen atoms in total. The van der Waals surface area contributed by atoms with Crippen molar-refractivity contribution >= 4 is 8.32 Å². The summed E-state index contributed by atoms with van der Waals surface area (Å²) in [7, 11) is -0.0937. The van der Waals surface area contributed by atoms with Gasteiger partial charge in [-0.25, -0.2) is 0 Å². The van der Waals surface area contributed by atoms with E-state index in [2.05, 4.69) is 33.9 Å². The Morgan fingerprint density at radius 1 is 1.00 bits per heavy atom. The van der Waals surface area contributed by atoms with Gasteiger partial charge in [-0.15, -0.1) is 0 Å². The van der Waals surface area contributed by atoms with Crippen molar-refractivity contribution in [1.82, 2.24) is 0 Å². The Bertz CT molecular complexity index is 508. The van der Waals surface area contributed by atoms with Crippen LogP contribution in [0.4, 0.5) is 0 Å². The zero-order valence-electron chi connectivity index (χ0n) is 18.2. The maximum absolute atomic E-state index is 9.18. The quantitative estimate of drug-likeness (QED) is 0.351. The maximum Gasteiger partial charge on any atom is 0.192 e. The van der Waals surface area contributed by atoms with Gasteiger partial charge >= 0.3 is 0 Å². The molecule has 0 aliphatic rings. The molecular weight excluding hydrogens is 356 g/mol. The summed E-state index contributed by atoms with van der Waals surface area (Å²) in [5, 5.41) is 9.40. The molecule has 1 N–H and O–H groups in total. The molecule has 0 spiro atoms. The smallest absolute Gasteiger partial charge is 0.192 e. The summed E-state index contributed by atoms with van der Waals surface area (Å²) in [5.74, 6) is 0.870. The Morgan fingerprint density at radius 2 is 1.63 bits per heavy atom. The van der Waals surface area contributed by atoms with Crippen LogP contribution in [-0.4, -0.2) is 39.9 Å². The summed E-state index contributed by atoms with van der Waals surface area (Å²) in [4.78, 5) is 0. The first-order chi connectivity index (χ1) is 12.7. The molecule has 0 fully saturated rings. The van der Waals surface area contributed by atoms with Gasteiger partial charge in [0.2, 0.25) is 0 Å². The Labute approximate surface area is 167 Å². The molecule has 1 aromatic carbocycles. The summed E-state index contributed by atoms with van der Waals surface area (Å²) in [6.45, 7) is 13.1. The van der Waals surface area contributed by atoms with Gasteiger partial charge in [0.25, 0.3) is 0 Å². The first kappa shape index (κ1) is 24.2. The van der Waals surface area contributed by atoms with Gasteiger partial charge in [-0.2, -0.15) is 0 Å². The van der Waals surface area contributed by atoms with Crippen molar-refractivity contribution in [2.75, 3.05) is 20.3 Å². The summed E-state index contributed by atoms with van der Waals surface area (Å²) in [6, 6.07) is 8.00. The predicted molar refractivity (Wildman–Crippen MR) is 115 cm³/mol. The number of aliphatic hydroxyl groups is 1. The van der Waals surface area contributed by atoms with Crippen molar-refractivity contribution in [2.45, 2.75) is 83.7 Å². The highest BCUT2D eigenvalue weighted by atomic mass is 28.4. The lowest BCUT2D eigenvalue weighted by molar-refractivity contribution is 0.107. The minimum atomic E-state index is -1.77. The zero-order chi connectivity index (χ0) is 20.3. The second kappa shape index (κ2) is 11.8. The molecular formula is C22H40O4Si. The number of methoxy groups -OCH3 is 1. The fourth-order valence-electron chi connectivity index (χ4n) is 2.66. The Kier molecular flexibility index (Phi) is 10.6. The van der Waals surface area contributed by atoms with Crippen LogP contribution in [0.25, 0.3) is 0 Å². The van der Waals surface area contributed by atoms with Gasteiger partial charge in [0.15, 0.2) is 8.32 Å². The minimum absolute atomic E-state index is 0.214. The van der Waals surface area contributed by atoms with Crippen LogP contribution in [-0.2, 0) is 15.8 Å². The third kappa shape index (κ3) is 9.24.